The summed E-state index contributed by atoms with van der Waals surface area (Å²) in [6, 6.07) is 3.12. The lowest BCUT2D eigenvalue weighted by molar-refractivity contribution is 0.0690. The maximum absolute atomic E-state index is 11.8. The summed E-state index contributed by atoms with van der Waals surface area (Å²) in [5.74, 6) is -0.277. The molecule has 0 radical (unpaired) electrons. The molecular formula is C15H21N3O3. The molecule has 114 valence electrons. The van der Waals surface area contributed by atoms with Crippen LogP contribution in [0.4, 0.5) is 4.79 Å². The molecule has 3 N–H and O–H groups in total. The van der Waals surface area contributed by atoms with E-state index in [1.54, 1.807) is 6.07 Å². The lowest BCUT2D eigenvalue weighted by Crippen LogP contribution is -2.41. The normalized spacial score (nSPS) is 15.3. The van der Waals surface area contributed by atoms with Gasteiger partial charge in [0, 0.05) is 18.8 Å². The van der Waals surface area contributed by atoms with Crippen LogP contribution in [0, 0.1) is 5.92 Å². The Bertz CT molecular complexity index is 497. The number of hydrogen-bond donors (Lipinski definition) is 3. The fourth-order valence-electron chi connectivity index (χ4n) is 2.16. The average molecular weight is 291 g/mol. The van der Waals surface area contributed by atoms with Crippen molar-refractivity contribution in [2.75, 3.05) is 0 Å². The molecule has 0 spiro atoms. The van der Waals surface area contributed by atoms with Gasteiger partial charge in [0.15, 0.2) is 0 Å². The van der Waals surface area contributed by atoms with E-state index < -0.39 is 5.97 Å². The first kappa shape index (κ1) is 15.3. The van der Waals surface area contributed by atoms with Crippen molar-refractivity contribution in [2.24, 2.45) is 5.92 Å². The van der Waals surface area contributed by atoms with Gasteiger partial charge in [-0.05, 0) is 30.4 Å². The summed E-state index contributed by atoms with van der Waals surface area (Å²) in [7, 11) is 0. The average Bonchev–Trinajstić information content (AvgIpc) is 3.28. The van der Waals surface area contributed by atoms with Gasteiger partial charge in [-0.15, -0.1) is 0 Å². The highest BCUT2D eigenvalue weighted by Crippen LogP contribution is 2.33. The van der Waals surface area contributed by atoms with Gasteiger partial charge in [-0.25, -0.2) is 14.6 Å². The highest BCUT2D eigenvalue weighted by atomic mass is 16.4. The molecule has 1 saturated carbocycles. The first-order valence-corrected chi connectivity index (χ1v) is 7.31. The van der Waals surface area contributed by atoms with Crippen LogP contribution in [0.3, 0.4) is 0 Å². The number of carbonyl (C=O) groups is 2. The van der Waals surface area contributed by atoms with E-state index in [9.17, 15) is 9.59 Å². The zero-order chi connectivity index (χ0) is 15.2. The van der Waals surface area contributed by atoms with E-state index in [1.165, 1.54) is 25.1 Å². The van der Waals surface area contributed by atoms with Crippen molar-refractivity contribution in [3.63, 3.8) is 0 Å². The third-order valence-electron chi connectivity index (χ3n) is 3.64. The number of urea groups is 1. The van der Waals surface area contributed by atoms with Gasteiger partial charge >= 0.3 is 12.0 Å². The lowest BCUT2D eigenvalue weighted by atomic mass is 10.1. The van der Waals surface area contributed by atoms with E-state index in [4.69, 9.17) is 5.11 Å². The van der Waals surface area contributed by atoms with Gasteiger partial charge in [0.25, 0.3) is 0 Å². The monoisotopic (exact) mass is 291 g/mol. The summed E-state index contributed by atoms with van der Waals surface area (Å²) in [4.78, 5) is 26.3. The number of nitrogens with zero attached hydrogens (tertiary/aromatic N) is 1. The molecule has 1 aliphatic carbocycles. The first-order valence-electron chi connectivity index (χ1n) is 7.31. The third kappa shape index (κ3) is 5.06. The molecule has 2 amide bonds. The predicted octanol–water partition coefficient (Wildman–Crippen LogP) is 2.16. The fourth-order valence-corrected chi connectivity index (χ4v) is 2.16. The smallest absolute Gasteiger partial charge is 0.354 e. The number of carboxylic acids is 1. The highest BCUT2D eigenvalue weighted by molar-refractivity contribution is 5.85. The minimum atomic E-state index is -1.06. The largest absolute Gasteiger partial charge is 0.477 e. The maximum Gasteiger partial charge on any atom is 0.354 e. The molecule has 6 nitrogen and oxygen atoms in total. The minimum absolute atomic E-state index is 0.00122. The van der Waals surface area contributed by atoms with Gasteiger partial charge in [-0.1, -0.05) is 25.8 Å². The lowest BCUT2D eigenvalue weighted by Gasteiger charge is -2.17. The Kier molecular flexibility index (Phi) is 5.14. The van der Waals surface area contributed by atoms with Crippen molar-refractivity contribution in [3.05, 3.63) is 29.6 Å². The second-order valence-electron chi connectivity index (χ2n) is 5.47. The molecule has 1 aliphatic rings. The Balaban J connectivity index is 1.75. The molecule has 0 bridgehead atoms. The van der Waals surface area contributed by atoms with Crippen LogP contribution in [0.5, 0.6) is 0 Å². The summed E-state index contributed by atoms with van der Waals surface area (Å²) in [6.45, 7) is 2.40. The van der Waals surface area contributed by atoms with E-state index in [1.807, 2.05) is 0 Å². The van der Waals surface area contributed by atoms with E-state index >= 15 is 0 Å². The number of carboxylic acid groups (broad SMARTS) is 1. The van der Waals surface area contributed by atoms with E-state index in [2.05, 4.69) is 22.5 Å². The number of hydrogen-bond acceptors (Lipinski definition) is 3. The van der Waals surface area contributed by atoms with Crippen LogP contribution in [-0.2, 0) is 6.54 Å². The predicted molar refractivity (Wildman–Crippen MR) is 78.0 cm³/mol. The topological polar surface area (TPSA) is 91.3 Å². The van der Waals surface area contributed by atoms with Crippen molar-refractivity contribution >= 4 is 12.0 Å². The van der Waals surface area contributed by atoms with E-state index in [0.29, 0.717) is 6.54 Å². The fraction of sp³-hybridized carbons (Fsp3) is 0.533. The SMILES string of the molecule is CCC(CC1CC1)NC(=O)NCc1ccc(C(=O)O)nc1. The second kappa shape index (κ2) is 7.06. The molecule has 6 heteroatoms. The molecule has 1 fully saturated rings. The molecule has 2 rings (SSSR count). The number of rotatable bonds is 7. The third-order valence-corrected chi connectivity index (χ3v) is 3.64. The number of amides is 2. The zero-order valence-corrected chi connectivity index (χ0v) is 12.1. The van der Waals surface area contributed by atoms with Gasteiger partial charge in [-0.3, -0.25) is 0 Å². The Morgan fingerprint density at radius 1 is 1.43 bits per heavy atom. The number of aromatic nitrogens is 1. The van der Waals surface area contributed by atoms with Gasteiger partial charge in [0.2, 0.25) is 0 Å². The molecule has 0 aromatic carbocycles. The molecule has 1 aromatic heterocycles. The van der Waals surface area contributed by atoms with Crippen LogP contribution in [0.1, 0.15) is 48.7 Å². The summed E-state index contributed by atoms with van der Waals surface area (Å²) in [5, 5.41) is 14.5. The van der Waals surface area contributed by atoms with E-state index in [0.717, 1.165) is 24.3 Å². The van der Waals surface area contributed by atoms with Crippen molar-refractivity contribution in [3.8, 4) is 0 Å². The second-order valence-corrected chi connectivity index (χ2v) is 5.47. The van der Waals surface area contributed by atoms with Crippen molar-refractivity contribution in [1.82, 2.24) is 15.6 Å². The number of nitrogens with one attached hydrogen (secondary N) is 2. The Labute approximate surface area is 124 Å². The summed E-state index contributed by atoms with van der Waals surface area (Å²) < 4.78 is 0. The Morgan fingerprint density at radius 3 is 2.71 bits per heavy atom. The molecule has 1 aromatic rings. The number of aromatic carboxylic acids is 1. The summed E-state index contributed by atoms with van der Waals surface area (Å²) in [6.07, 6.45) is 6.01. The number of pyridine rings is 1. The van der Waals surface area contributed by atoms with Crippen LogP contribution in [0.25, 0.3) is 0 Å². The standard InChI is InChI=1S/C15H21N3O3/c1-2-12(7-10-3-4-10)18-15(21)17-9-11-5-6-13(14(19)20)16-8-11/h5-6,8,10,12H,2-4,7,9H2,1H3,(H,19,20)(H2,17,18,21). The Morgan fingerprint density at radius 2 is 2.19 bits per heavy atom. The maximum atomic E-state index is 11.8. The van der Waals surface area contributed by atoms with Gasteiger partial charge in [0.05, 0.1) is 0 Å². The zero-order valence-electron chi connectivity index (χ0n) is 12.1. The number of carbonyl (C=O) groups excluding carboxylic acids is 1. The van der Waals surface area contributed by atoms with Gasteiger partial charge in [0.1, 0.15) is 5.69 Å². The Hall–Kier alpha value is -2.11. The molecule has 1 atom stereocenters. The van der Waals surface area contributed by atoms with Gasteiger partial charge < -0.3 is 15.7 Å². The van der Waals surface area contributed by atoms with Crippen LogP contribution in [0.2, 0.25) is 0 Å². The quantitative estimate of drug-likeness (QED) is 0.718. The van der Waals surface area contributed by atoms with Gasteiger partial charge in [-0.2, -0.15) is 0 Å². The van der Waals surface area contributed by atoms with Crippen molar-refractivity contribution in [2.45, 2.75) is 45.2 Å². The molecule has 0 saturated heterocycles. The highest BCUT2D eigenvalue weighted by Gasteiger charge is 2.25. The molecule has 0 aliphatic heterocycles. The minimum Gasteiger partial charge on any atom is -0.477 e. The molecule has 1 unspecified atom stereocenters. The molecule has 1 heterocycles. The summed E-state index contributed by atoms with van der Waals surface area (Å²) >= 11 is 0. The van der Waals surface area contributed by atoms with E-state index in [-0.39, 0.29) is 17.8 Å². The molecular weight excluding hydrogens is 270 g/mol. The van der Waals surface area contributed by atoms with Crippen molar-refractivity contribution in [1.29, 1.82) is 0 Å². The van der Waals surface area contributed by atoms with Crippen LogP contribution < -0.4 is 10.6 Å². The summed E-state index contributed by atoms with van der Waals surface area (Å²) in [5.41, 5.74) is 0.768. The van der Waals surface area contributed by atoms with Crippen LogP contribution in [0.15, 0.2) is 18.3 Å². The first-order chi connectivity index (χ1) is 10.1. The van der Waals surface area contributed by atoms with Crippen LogP contribution in [-0.4, -0.2) is 28.1 Å². The van der Waals surface area contributed by atoms with Crippen LogP contribution >= 0.6 is 0 Å². The molecule has 21 heavy (non-hydrogen) atoms. The van der Waals surface area contributed by atoms with Crippen molar-refractivity contribution < 1.29 is 14.7 Å².